The summed E-state index contributed by atoms with van der Waals surface area (Å²) in [5.74, 6) is 0.531. The van der Waals surface area contributed by atoms with Gasteiger partial charge < -0.3 is 5.32 Å². The lowest BCUT2D eigenvalue weighted by Crippen LogP contribution is -2.60. The van der Waals surface area contributed by atoms with Gasteiger partial charge in [-0.3, -0.25) is 4.79 Å². The van der Waals surface area contributed by atoms with Crippen LogP contribution in [0.25, 0.3) is 0 Å². The number of hydrogen-bond donors (Lipinski definition) is 1. The molecule has 0 unspecified atom stereocenters. The molecular formula is C13H15NO. The number of carbonyl (C=O) groups is 1. The van der Waals surface area contributed by atoms with Crippen LogP contribution in [-0.4, -0.2) is 12.5 Å². The molecule has 1 amide bonds. The van der Waals surface area contributed by atoms with Crippen LogP contribution in [0.2, 0.25) is 0 Å². The zero-order valence-corrected chi connectivity index (χ0v) is 8.92. The minimum atomic E-state index is 0.254. The first kappa shape index (κ1) is 8.96. The van der Waals surface area contributed by atoms with E-state index < -0.39 is 0 Å². The lowest BCUT2D eigenvalue weighted by Gasteiger charge is -2.52. The molecule has 0 aromatic heterocycles. The number of benzene rings is 1. The van der Waals surface area contributed by atoms with Gasteiger partial charge in [0.2, 0.25) is 5.91 Å². The summed E-state index contributed by atoms with van der Waals surface area (Å²) >= 11 is 0. The molecule has 4 rings (SSSR count). The van der Waals surface area contributed by atoms with E-state index >= 15 is 0 Å². The Morgan fingerprint density at radius 1 is 1.40 bits per heavy atom. The molecule has 2 bridgehead atoms. The van der Waals surface area contributed by atoms with Gasteiger partial charge in [0, 0.05) is 17.9 Å². The highest BCUT2D eigenvalue weighted by Gasteiger charge is 2.52. The van der Waals surface area contributed by atoms with Gasteiger partial charge in [0.05, 0.1) is 0 Å². The van der Waals surface area contributed by atoms with Crippen molar-refractivity contribution in [3.05, 3.63) is 35.4 Å². The van der Waals surface area contributed by atoms with Crippen molar-refractivity contribution >= 4 is 5.91 Å². The quantitative estimate of drug-likeness (QED) is 0.737. The largest absolute Gasteiger partial charge is 0.355 e. The highest BCUT2D eigenvalue weighted by Crippen LogP contribution is 2.50. The van der Waals surface area contributed by atoms with Crippen molar-refractivity contribution in [1.82, 2.24) is 5.32 Å². The summed E-state index contributed by atoms with van der Waals surface area (Å²) in [6.45, 7) is 2.95. The smallest absolute Gasteiger partial charge is 0.223 e. The van der Waals surface area contributed by atoms with Crippen molar-refractivity contribution in [2.75, 3.05) is 6.54 Å². The molecule has 78 valence electrons. The maximum Gasteiger partial charge on any atom is 0.223 e. The van der Waals surface area contributed by atoms with E-state index in [0.717, 1.165) is 19.4 Å². The van der Waals surface area contributed by atoms with Crippen molar-refractivity contribution in [2.24, 2.45) is 5.92 Å². The number of nitrogens with one attached hydrogen (secondary N) is 1. The minimum absolute atomic E-state index is 0.254. The Bertz CT molecular complexity index is 413. The van der Waals surface area contributed by atoms with Gasteiger partial charge in [0.1, 0.15) is 0 Å². The topological polar surface area (TPSA) is 29.1 Å². The van der Waals surface area contributed by atoms with E-state index in [4.69, 9.17) is 0 Å². The Balaban J connectivity index is 1.93. The summed E-state index contributed by atoms with van der Waals surface area (Å²) in [5, 5.41) is 3.00. The normalized spacial score (nSPS) is 33.1. The van der Waals surface area contributed by atoms with E-state index in [1.165, 1.54) is 11.1 Å². The van der Waals surface area contributed by atoms with Crippen LogP contribution in [-0.2, 0) is 10.2 Å². The Labute approximate surface area is 89.7 Å². The van der Waals surface area contributed by atoms with Crippen LogP contribution < -0.4 is 5.32 Å². The molecular weight excluding hydrogens is 186 g/mol. The maximum absolute atomic E-state index is 11.4. The van der Waals surface area contributed by atoms with Gasteiger partial charge >= 0.3 is 0 Å². The van der Waals surface area contributed by atoms with Crippen molar-refractivity contribution in [2.45, 2.75) is 25.2 Å². The fourth-order valence-electron chi connectivity index (χ4n) is 2.93. The van der Waals surface area contributed by atoms with Crippen molar-refractivity contribution in [1.29, 1.82) is 0 Å². The average molecular weight is 201 g/mol. The Hall–Kier alpha value is -1.31. The monoisotopic (exact) mass is 201 g/mol. The van der Waals surface area contributed by atoms with Crippen molar-refractivity contribution < 1.29 is 4.79 Å². The van der Waals surface area contributed by atoms with Gasteiger partial charge in [-0.2, -0.15) is 0 Å². The second-order valence-electron chi connectivity index (χ2n) is 4.97. The number of aryl methyl sites for hydroxylation is 1. The molecule has 2 heterocycles. The number of piperidine rings is 2. The Morgan fingerprint density at radius 2 is 2.20 bits per heavy atom. The van der Waals surface area contributed by atoms with Gasteiger partial charge in [-0.05, 0) is 25.3 Å². The van der Waals surface area contributed by atoms with Crippen LogP contribution in [0.4, 0.5) is 0 Å². The second kappa shape index (κ2) is 2.84. The summed E-state index contributed by atoms with van der Waals surface area (Å²) < 4.78 is 0. The van der Waals surface area contributed by atoms with Crippen LogP contribution in [0.15, 0.2) is 24.3 Å². The standard InChI is InChI=1S/C13H15NO/c1-9-3-2-4-11(5-9)13-6-10(7-13)12(15)14-8-13/h2-5,10H,6-8H2,1H3,(H,14,15). The summed E-state index contributed by atoms with van der Waals surface area (Å²) in [6, 6.07) is 8.69. The molecule has 1 aromatic carbocycles. The summed E-state index contributed by atoms with van der Waals surface area (Å²) in [4.78, 5) is 11.4. The second-order valence-corrected chi connectivity index (χ2v) is 4.97. The minimum Gasteiger partial charge on any atom is -0.355 e. The van der Waals surface area contributed by atoms with E-state index in [1.54, 1.807) is 0 Å². The molecule has 2 saturated heterocycles. The van der Waals surface area contributed by atoms with Crippen LogP contribution >= 0.6 is 0 Å². The van der Waals surface area contributed by atoms with Crippen molar-refractivity contribution in [3.8, 4) is 0 Å². The molecule has 1 N–H and O–H groups in total. The van der Waals surface area contributed by atoms with E-state index in [-0.39, 0.29) is 17.2 Å². The highest BCUT2D eigenvalue weighted by atomic mass is 16.2. The lowest BCUT2D eigenvalue weighted by molar-refractivity contribution is -0.135. The van der Waals surface area contributed by atoms with Gasteiger partial charge in [-0.25, -0.2) is 0 Å². The fourth-order valence-corrected chi connectivity index (χ4v) is 2.93. The predicted octanol–water partition coefficient (Wildman–Crippen LogP) is 1.77. The third-order valence-electron chi connectivity index (χ3n) is 3.88. The average Bonchev–Trinajstić information content (AvgIpc) is 2.16. The Morgan fingerprint density at radius 3 is 2.80 bits per heavy atom. The highest BCUT2D eigenvalue weighted by molar-refractivity contribution is 5.82. The number of rotatable bonds is 1. The van der Waals surface area contributed by atoms with Crippen LogP contribution in [0.3, 0.4) is 0 Å². The maximum atomic E-state index is 11.4. The van der Waals surface area contributed by atoms with Gasteiger partial charge in [-0.1, -0.05) is 29.8 Å². The first-order chi connectivity index (χ1) is 7.20. The number of hydrogen-bond acceptors (Lipinski definition) is 1. The molecule has 1 aromatic rings. The molecule has 1 saturated carbocycles. The molecule has 15 heavy (non-hydrogen) atoms. The van der Waals surface area contributed by atoms with Gasteiger partial charge in [0.15, 0.2) is 0 Å². The first-order valence-electron chi connectivity index (χ1n) is 5.54. The zero-order valence-electron chi connectivity index (χ0n) is 8.92. The summed E-state index contributed by atoms with van der Waals surface area (Å²) in [6.07, 6.45) is 2.09. The number of fused-ring (bicyclic) bond motifs is 2. The lowest BCUT2D eigenvalue weighted by atomic mass is 9.56. The summed E-state index contributed by atoms with van der Waals surface area (Å²) in [5.41, 5.74) is 2.96. The van der Waals surface area contributed by atoms with E-state index in [1.807, 2.05) is 0 Å². The molecule has 0 atom stereocenters. The molecule has 1 aliphatic carbocycles. The molecule has 3 fully saturated rings. The third kappa shape index (κ3) is 1.21. The summed E-state index contributed by atoms with van der Waals surface area (Å²) in [7, 11) is 0. The van der Waals surface area contributed by atoms with Crippen LogP contribution in [0.1, 0.15) is 24.0 Å². The van der Waals surface area contributed by atoms with E-state index in [2.05, 4.69) is 36.5 Å². The van der Waals surface area contributed by atoms with Gasteiger partial charge in [-0.15, -0.1) is 0 Å². The molecule has 0 spiro atoms. The fraction of sp³-hybridized carbons (Fsp3) is 0.462. The van der Waals surface area contributed by atoms with Crippen LogP contribution in [0.5, 0.6) is 0 Å². The first-order valence-corrected chi connectivity index (χ1v) is 5.54. The predicted molar refractivity (Wildman–Crippen MR) is 58.6 cm³/mol. The zero-order chi connectivity index (χ0) is 10.5. The van der Waals surface area contributed by atoms with Crippen LogP contribution in [0, 0.1) is 12.8 Å². The molecule has 0 radical (unpaired) electrons. The number of amides is 1. The molecule has 2 aliphatic heterocycles. The molecule has 2 heteroatoms. The molecule has 2 nitrogen and oxygen atoms in total. The number of carbonyl (C=O) groups excluding carboxylic acids is 1. The SMILES string of the molecule is Cc1cccc(C23CNC(=O)C(C2)C3)c1. The third-order valence-corrected chi connectivity index (χ3v) is 3.88. The van der Waals surface area contributed by atoms with E-state index in [9.17, 15) is 4.79 Å². The Kier molecular flexibility index (Phi) is 1.70. The van der Waals surface area contributed by atoms with Gasteiger partial charge in [0.25, 0.3) is 0 Å². The van der Waals surface area contributed by atoms with E-state index in [0.29, 0.717) is 0 Å². The van der Waals surface area contributed by atoms with Crippen molar-refractivity contribution in [3.63, 3.8) is 0 Å². The molecule has 3 aliphatic rings.